The summed E-state index contributed by atoms with van der Waals surface area (Å²) in [6.45, 7) is 12.1. The van der Waals surface area contributed by atoms with Crippen molar-refractivity contribution < 1.29 is 33.4 Å². The Labute approximate surface area is 235 Å². The third kappa shape index (κ3) is 9.15. The number of benzene rings is 3. The zero-order valence-corrected chi connectivity index (χ0v) is 24.1. The topological polar surface area (TPSA) is 92.7 Å². The van der Waals surface area contributed by atoms with Crippen LogP contribution in [0.15, 0.2) is 71.9 Å². The fourth-order valence-electron chi connectivity index (χ4n) is 3.48. The van der Waals surface area contributed by atoms with Gasteiger partial charge >= 0.3 is 11.9 Å². The number of nitrogens with zero attached hydrogens (tertiary/aromatic N) is 1. The molecular formula is C32H37NO7. The Morgan fingerprint density at radius 1 is 0.800 bits per heavy atom. The molecule has 0 radical (unpaired) electrons. The average molecular weight is 548 g/mol. The largest absolute Gasteiger partial charge is 0.497 e. The number of methoxy groups -OCH3 is 1. The number of esters is 2. The van der Waals surface area contributed by atoms with Gasteiger partial charge in [-0.05, 0) is 73.7 Å². The first-order valence-electron chi connectivity index (χ1n) is 13.0. The highest BCUT2D eigenvalue weighted by atomic mass is 16.6. The molecule has 0 amide bonds. The normalized spacial score (nSPS) is 11.7. The zero-order valence-electron chi connectivity index (χ0n) is 24.1. The van der Waals surface area contributed by atoms with Gasteiger partial charge in [0.25, 0.3) is 0 Å². The van der Waals surface area contributed by atoms with Crippen LogP contribution in [0.25, 0.3) is 0 Å². The molecule has 0 spiro atoms. The lowest BCUT2D eigenvalue weighted by Crippen LogP contribution is -2.24. The lowest BCUT2D eigenvalue weighted by atomic mass is 9.87. The van der Waals surface area contributed by atoms with Gasteiger partial charge < -0.3 is 23.8 Å². The molecular weight excluding hydrogens is 510 g/mol. The van der Waals surface area contributed by atoms with Gasteiger partial charge in [0.1, 0.15) is 35.0 Å². The summed E-state index contributed by atoms with van der Waals surface area (Å²) >= 11 is 0. The van der Waals surface area contributed by atoms with E-state index in [0.29, 0.717) is 17.1 Å². The number of ether oxygens (including phenoxy) is 4. The molecule has 0 saturated carbocycles. The summed E-state index contributed by atoms with van der Waals surface area (Å²) in [6, 6.07) is 19.1. The van der Waals surface area contributed by atoms with Crippen LogP contribution in [0, 0.1) is 0 Å². The Morgan fingerprint density at radius 3 is 2.05 bits per heavy atom. The first-order valence-corrected chi connectivity index (χ1v) is 13.0. The Hall–Kier alpha value is -4.33. The van der Waals surface area contributed by atoms with E-state index in [1.54, 1.807) is 57.3 Å². The predicted octanol–water partition coefficient (Wildman–Crippen LogP) is 6.60. The Bertz CT molecular complexity index is 1320. The van der Waals surface area contributed by atoms with Crippen LogP contribution in [0.2, 0.25) is 0 Å². The standard InChI is InChI=1S/C32H37NO7/c1-31(2,3)24-12-8-22(9-13-24)21-33-38-19-18-37-26-16-17-27(30(35)40-32(4,5)6)28(20-26)39-29(34)23-10-14-25(36-7)15-11-23/h8-17,20-21H,18-19H2,1-7H3/b33-21+. The van der Waals surface area contributed by atoms with E-state index < -0.39 is 17.5 Å². The zero-order chi connectivity index (χ0) is 29.3. The maximum Gasteiger partial charge on any atom is 0.343 e. The summed E-state index contributed by atoms with van der Waals surface area (Å²) in [5, 5.41) is 3.99. The molecule has 0 aliphatic heterocycles. The van der Waals surface area contributed by atoms with Crippen LogP contribution in [0.1, 0.15) is 73.4 Å². The van der Waals surface area contributed by atoms with Crippen molar-refractivity contribution in [2.45, 2.75) is 52.6 Å². The predicted molar refractivity (Wildman–Crippen MR) is 154 cm³/mol. The van der Waals surface area contributed by atoms with Gasteiger partial charge in [-0.3, -0.25) is 0 Å². The van der Waals surface area contributed by atoms with Crippen molar-refractivity contribution in [1.29, 1.82) is 0 Å². The molecule has 0 aromatic heterocycles. The minimum absolute atomic E-state index is 0.0187. The molecule has 40 heavy (non-hydrogen) atoms. The number of carbonyl (C=O) groups is 2. The fraction of sp³-hybridized carbons (Fsp3) is 0.344. The second kappa shape index (κ2) is 13.2. The van der Waals surface area contributed by atoms with Gasteiger partial charge in [0.15, 0.2) is 6.61 Å². The molecule has 212 valence electrons. The van der Waals surface area contributed by atoms with Gasteiger partial charge in [-0.15, -0.1) is 0 Å². The van der Waals surface area contributed by atoms with E-state index in [9.17, 15) is 9.59 Å². The minimum Gasteiger partial charge on any atom is -0.497 e. The number of rotatable bonds is 10. The van der Waals surface area contributed by atoms with Crippen molar-refractivity contribution in [3.8, 4) is 17.2 Å². The molecule has 0 unspecified atom stereocenters. The van der Waals surface area contributed by atoms with Crippen LogP contribution in [0.5, 0.6) is 17.2 Å². The number of hydrogen-bond acceptors (Lipinski definition) is 8. The van der Waals surface area contributed by atoms with Crippen LogP contribution in [-0.2, 0) is 15.0 Å². The van der Waals surface area contributed by atoms with E-state index in [1.807, 2.05) is 12.1 Å². The molecule has 3 aromatic rings. The Kier molecular flexibility index (Phi) is 9.93. The maximum atomic E-state index is 12.8. The second-order valence-corrected chi connectivity index (χ2v) is 11.1. The first kappa shape index (κ1) is 30.2. The van der Waals surface area contributed by atoms with Crippen LogP contribution in [0.3, 0.4) is 0 Å². The van der Waals surface area contributed by atoms with Crippen LogP contribution < -0.4 is 14.2 Å². The molecule has 0 heterocycles. The summed E-state index contributed by atoms with van der Waals surface area (Å²) < 4.78 is 21.9. The summed E-state index contributed by atoms with van der Waals surface area (Å²) in [6.07, 6.45) is 1.64. The quantitative estimate of drug-likeness (QED) is 0.0929. The molecule has 3 rings (SSSR count). The molecule has 0 aliphatic carbocycles. The second-order valence-electron chi connectivity index (χ2n) is 11.1. The van der Waals surface area contributed by atoms with Crippen molar-refractivity contribution in [3.63, 3.8) is 0 Å². The Morgan fingerprint density at radius 2 is 1.45 bits per heavy atom. The molecule has 0 aliphatic rings. The molecule has 3 aromatic carbocycles. The van der Waals surface area contributed by atoms with E-state index in [4.69, 9.17) is 23.8 Å². The van der Waals surface area contributed by atoms with Crippen molar-refractivity contribution in [1.82, 2.24) is 0 Å². The molecule has 0 N–H and O–H groups in total. The molecule has 0 atom stereocenters. The van der Waals surface area contributed by atoms with Crippen molar-refractivity contribution in [2.75, 3.05) is 20.3 Å². The summed E-state index contributed by atoms with van der Waals surface area (Å²) in [7, 11) is 1.54. The van der Waals surface area contributed by atoms with E-state index >= 15 is 0 Å². The molecule has 0 saturated heterocycles. The number of oxime groups is 1. The molecule has 0 fully saturated rings. The monoisotopic (exact) mass is 547 g/mol. The highest BCUT2D eigenvalue weighted by Gasteiger charge is 2.23. The lowest BCUT2D eigenvalue weighted by molar-refractivity contribution is 0.00667. The SMILES string of the molecule is COc1ccc(C(=O)Oc2cc(OCCO/N=C/c3ccc(C(C)(C)C)cc3)ccc2C(=O)OC(C)(C)C)cc1. The van der Waals surface area contributed by atoms with Crippen molar-refractivity contribution in [2.24, 2.45) is 5.16 Å². The Balaban J connectivity index is 1.64. The summed E-state index contributed by atoms with van der Waals surface area (Å²) in [5.74, 6) is -0.255. The van der Waals surface area contributed by atoms with Crippen molar-refractivity contribution in [3.05, 3.63) is 89.0 Å². The third-order valence-corrected chi connectivity index (χ3v) is 5.60. The minimum atomic E-state index is -0.726. The fourth-order valence-corrected chi connectivity index (χ4v) is 3.48. The van der Waals surface area contributed by atoms with Crippen LogP contribution >= 0.6 is 0 Å². The van der Waals surface area contributed by atoms with Crippen LogP contribution in [-0.4, -0.2) is 44.1 Å². The highest BCUT2D eigenvalue weighted by Crippen LogP contribution is 2.28. The number of hydrogen-bond donors (Lipinski definition) is 0. The van der Waals surface area contributed by atoms with Gasteiger partial charge in [0.2, 0.25) is 0 Å². The van der Waals surface area contributed by atoms with Gasteiger partial charge in [-0.1, -0.05) is 50.2 Å². The van der Waals surface area contributed by atoms with E-state index in [-0.39, 0.29) is 29.9 Å². The maximum absolute atomic E-state index is 12.8. The van der Waals surface area contributed by atoms with E-state index in [2.05, 4.69) is 38.1 Å². The summed E-state index contributed by atoms with van der Waals surface area (Å²) in [4.78, 5) is 30.9. The van der Waals surface area contributed by atoms with Gasteiger partial charge in [-0.25, -0.2) is 9.59 Å². The number of carbonyl (C=O) groups excluding carboxylic acids is 2. The van der Waals surface area contributed by atoms with Gasteiger partial charge in [-0.2, -0.15) is 0 Å². The smallest absolute Gasteiger partial charge is 0.343 e. The summed E-state index contributed by atoms with van der Waals surface area (Å²) in [5.41, 5.74) is 1.92. The van der Waals surface area contributed by atoms with E-state index in [1.165, 1.54) is 24.8 Å². The highest BCUT2D eigenvalue weighted by molar-refractivity contribution is 5.96. The lowest BCUT2D eigenvalue weighted by Gasteiger charge is -2.20. The molecule has 8 nitrogen and oxygen atoms in total. The molecule has 8 heteroatoms. The van der Waals surface area contributed by atoms with Gasteiger partial charge in [0, 0.05) is 6.07 Å². The van der Waals surface area contributed by atoms with Crippen LogP contribution in [0.4, 0.5) is 0 Å². The molecule has 0 bridgehead atoms. The third-order valence-electron chi connectivity index (χ3n) is 5.60. The van der Waals surface area contributed by atoms with E-state index in [0.717, 1.165) is 5.56 Å². The van der Waals surface area contributed by atoms with Gasteiger partial charge in [0.05, 0.1) is 18.9 Å². The first-order chi connectivity index (χ1) is 18.9. The average Bonchev–Trinajstić information content (AvgIpc) is 2.89. The van der Waals surface area contributed by atoms with Crippen molar-refractivity contribution >= 4 is 18.2 Å².